The fourth-order valence-electron chi connectivity index (χ4n) is 2.15. The molecule has 0 aliphatic rings. The average molecular weight is 281 g/mol. The Bertz CT molecular complexity index is 839. The van der Waals surface area contributed by atoms with Gasteiger partial charge in [-0.1, -0.05) is 17.6 Å². The number of fused-ring (bicyclic) bond motifs is 1. The van der Waals surface area contributed by atoms with E-state index in [4.69, 9.17) is 0 Å². The lowest BCUT2D eigenvalue weighted by molar-refractivity contribution is 0.469. The highest BCUT2D eigenvalue weighted by Gasteiger charge is 2.10. The van der Waals surface area contributed by atoms with Gasteiger partial charge in [0.2, 0.25) is 0 Å². The number of anilines is 2. The van der Waals surface area contributed by atoms with Gasteiger partial charge in [-0.25, -0.2) is 14.4 Å². The smallest absolute Gasteiger partial charge is 0.147 e. The number of hydrogen-bond acceptors (Lipinski definition) is 4. The molecule has 2 aromatic carbocycles. The summed E-state index contributed by atoms with van der Waals surface area (Å²) in [6.45, 7) is 1.64. The largest absolute Gasteiger partial charge is 0.508 e. The predicted octanol–water partition coefficient (Wildman–Crippen LogP) is 1.78. The van der Waals surface area contributed by atoms with E-state index in [1.54, 1.807) is 6.92 Å². The van der Waals surface area contributed by atoms with Gasteiger partial charge in [0.15, 0.2) is 0 Å². The third-order valence-corrected chi connectivity index (χ3v) is 3.33. The Kier molecular flexibility index (Phi) is 3.21. The van der Waals surface area contributed by atoms with Crippen molar-refractivity contribution < 1.29 is 9.50 Å². The summed E-state index contributed by atoms with van der Waals surface area (Å²) in [4.78, 5) is 8.35. The van der Waals surface area contributed by atoms with Crippen molar-refractivity contribution in [3.8, 4) is 5.75 Å². The van der Waals surface area contributed by atoms with Crippen LogP contribution in [0.25, 0.3) is 10.9 Å². The van der Waals surface area contributed by atoms with Crippen LogP contribution in [0.2, 0.25) is 0 Å². The molecule has 0 fully saturated rings. The quantitative estimate of drug-likeness (QED) is 0.703. The second-order valence-corrected chi connectivity index (χ2v) is 4.99. The third-order valence-electron chi connectivity index (χ3n) is 3.33. The second-order valence-electron chi connectivity index (χ2n) is 4.99. The van der Waals surface area contributed by atoms with E-state index in [0.29, 0.717) is 11.4 Å². The molecule has 0 aliphatic carbocycles. The van der Waals surface area contributed by atoms with Gasteiger partial charge < -0.3 is 10.4 Å². The Balaban J connectivity index is 2.10. The molecule has 0 radical (unpaired) electrons. The number of halogens is 1. The molecule has 0 bridgehead atoms. The van der Waals surface area contributed by atoms with Crippen LogP contribution >= 0.6 is 0 Å². The normalized spacial score (nSPS) is 10.8. The lowest BCUT2D eigenvalue weighted by Crippen LogP contribution is -2.04. The maximum atomic E-state index is 14.0. The maximum Gasteiger partial charge on any atom is 0.147 e. The maximum absolute atomic E-state index is 14.0. The summed E-state index contributed by atoms with van der Waals surface area (Å²) in [5, 5.41) is 13.4. The fraction of sp³-hybridized carbons (Fsp3) is 0.0667. The van der Waals surface area contributed by atoms with Gasteiger partial charge in [0, 0.05) is 11.5 Å². The molecule has 0 amide bonds. The molecule has 1 heterocycles. The second kappa shape index (κ2) is 5.05. The van der Waals surface area contributed by atoms with Crippen molar-refractivity contribution in [3.05, 3.63) is 48.0 Å². The van der Waals surface area contributed by atoms with Gasteiger partial charge in [0.05, 0.1) is 11.2 Å². The molecule has 2 N–H and O–H groups in total. The Morgan fingerprint density at radius 2 is 2.00 bits per heavy atom. The number of aryl methyl sites for hydroxylation is 1. The molecule has 3 aromatic rings. The first-order valence-corrected chi connectivity index (χ1v) is 6.52. The number of aromatic hydroxyl groups is 1. The molecule has 0 saturated carbocycles. The molecule has 0 saturated heterocycles. The van der Waals surface area contributed by atoms with E-state index >= 15 is 0 Å². The van der Waals surface area contributed by atoms with Gasteiger partial charge in [-0.3, -0.25) is 0 Å². The molecule has 21 heavy (non-hydrogen) atoms. The van der Waals surface area contributed by atoms with Crippen molar-refractivity contribution in [3.63, 3.8) is 0 Å². The number of aromatic nitrogens is 2. The van der Waals surface area contributed by atoms with Crippen LogP contribution in [0.4, 0.5) is 15.9 Å². The summed E-state index contributed by atoms with van der Waals surface area (Å²) in [6, 6.07) is 8.42. The molecule has 0 spiro atoms. The molecule has 6 heteroatoms. The third kappa shape index (κ3) is 2.52. The highest BCUT2D eigenvalue weighted by Crippen LogP contribution is 2.28. The van der Waals surface area contributed by atoms with E-state index in [-0.39, 0.29) is 11.4 Å². The van der Waals surface area contributed by atoms with Crippen molar-refractivity contribution in [2.24, 2.45) is 0 Å². The molecule has 104 valence electrons. The zero-order valence-electron chi connectivity index (χ0n) is 11.7. The summed E-state index contributed by atoms with van der Waals surface area (Å²) >= 11 is 0. The van der Waals surface area contributed by atoms with Crippen LogP contribution in [0, 0.1) is 12.7 Å². The molecule has 0 atom stereocenters. The number of rotatable bonds is 2. The summed E-state index contributed by atoms with van der Waals surface area (Å²) in [6.07, 6.45) is 1.42. The van der Waals surface area contributed by atoms with Crippen molar-refractivity contribution in [1.29, 1.82) is 0 Å². The van der Waals surface area contributed by atoms with E-state index in [1.807, 2.05) is 26.0 Å². The summed E-state index contributed by atoms with van der Waals surface area (Å²) in [7, 11) is 1.97. The average Bonchev–Trinajstić information content (AvgIpc) is 2.45. The minimum Gasteiger partial charge on any atom is -0.508 e. The van der Waals surface area contributed by atoms with E-state index in [1.165, 1.54) is 18.5 Å². The van der Waals surface area contributed by atoms with Crippen molar-refractivity contribution in [2.75, 3.05) is 5.32 Å². The Morgan fingerprint density at radius 1 is 1.19 bits per heavy atom. The first kappa shape index (κ1) is 13.4. The fourth-order valence-corrected chi connectivity index (χ4v) is 2.15. The van der Waals surface area contributed by atoms with Crippen LogP contribution in [0.1, 0.15) is 5.56 Å². The van der Waals surface area contributed by atoms with Crippen molar-refractivity contribution in [1.82, 2.24) is 9.97 Å². The number of phenols is 1. The van der Waals surface area contributed by atoms with Gasteiger partial charge in [-0.05, 0) is 24.6 Å². The van der Waals surface area contributed by atoms with Gasteiger partial charge in [0.25, 0.3) is 0 Å². The van der Waals surface area contributed by atoms with E-state index in [2.05, 4.69) is 15.3 Å². The summed E-state index contributed by atoms with van der Waals surface area (Å²) in [5.74, 6) is 0.101. The van der Waals surface area contributed by atoms with E-state index < -0.39 is 5.82 Å². The van der Waals surface area contributed by atoms with Crippen LogP contribution in [-0.2, 0) is 0 Å². The lowest BCUT2D eigenvalue weighted by atomic mass is 9.95. The highest BCUT2D eigenvalue weighted by molar-refractivity contribution is 6.33. The summed E-state index contributed by atoms with van der Waals surface area (Å²) in [5.41, 5.74) is 2.50. The first-order valence-electron chi connectivity index (χ1n) is 6.52. The van der Waals surface area contributed by atoms with Gasteiger partial charge in [0.1, 0.15) is 31.6 Å². The number of nitrogens with zero attached hydrogens (tertiary/aromatic N) is 2. The summed E-state index contributed by atoms with van der Waals surface area (Å²) < 4.78 is 14.0. The zero-order chi connectivity index (χ0) is 15.0. The van der Waals surface area contributed by atoms with Crippen LogP contribution in [-0.4, -0.2) is 22.9 Å². The van der Waals surface area contributed by atoms with Crippen LogP contribution in [0.3, 0.4) is 0 Å². The molecule has 4 nitrogen and oxygen atoms in total. The minimum atomic E-state index is -0.440. The van der Waals surface area contributed by atoms with Crippen LogP contribution < -0.4 is 10.8 Å². The van der Waals surface area contributed by atoms with Crippen LogP contribution in [0.15, 0.2) is 36.7 Å². The number of nitrogens with one attached hydrogen (secondary N) is 1. The molecule has 1 aromatic heterocycles. The monoisotopic (exact) mass is 281 g/mol. The SMILES string of the molecule is Bc1ccc2ncnc(Nc3cc(O)c(C)cc3F)c2c1. The zero-order valence-corrected chi connectivity index (χ0v) is 11.7. The minimum absolute atomic E-state index is 0.0356. The van der Waals surface area contributed by atoms with E-state index in [0.717, 1.165) is 16.4 Å². The Hall–Kier alpha value is -2.63. The molecule has 0 aliphatic heterocycles. The number of benzene rings is 2. The van der Waals surface area contributed by atoms with Gasteiger partial charge >= 0.3 is 0 Å². The molecular formula is C15H13BFN3O. The predicted molar refractivity (Wildman–Crippen MR) is 83.8 cm³/mol. The molecule has 3 rings (SSSR count). The Labute approximate surface area is 122 Å². The lowest BCUT2D eigenvalue weighted by Gasteiger charge is -2.11. The topological polar surface area (TPSA) is 58.0 Å². The number of hydrogen-bond donors (Lipinski definition) is 2. The highest BCUT2D eigenvalue weighted by atomic mass is 19.1. The van der Waals surface area contributed by atoms with E-state index in [9.17, 15) is 9.50 Å². The van der Waals surface area contributed by atoms with Crippen LogP contribution in [0.5, 0.6) is 5.75 Å². The van der Waals surface area contributed by atoms with Gasteiger partial charge in [-0.15, -0.1) is 0 Å². The van der Waals surface area contributed by atoms with Gasteiger partial charge in [-0.2, -0.15) is 0 Å². The first-order chi connectivity index (χ1) is 10.0. The molecular weight excluding hydrogens is 268 g/mol. The number of phenolic OH excluding ortho intramolecular Hbond substituents is 1. The standard InChI is InChI=1S/C15H13BFN3O/c1-8-4-11(17)13(6-14(8)21)20-15-10-5-9(16)2-3-12(10)18-7-19-15/h2-7,21H,16H2,1H3,(H,18,19,20). The van der Waals surface area contributed by atoms with Crippen molar-refractivity contribution >= 4 is 35.7 Å². The van der Waals surface area contributed by atoms with Crippen molar-refractivity contribution in [2.45, 2.75) is 6.92 Å². The Morgan fingerprint density at radius 3 is 2.81 bits per heavy atom. The molecule has 0 unspecified atom stereocenters.